The molecule has 2 N–H and O–H groups in total. The van der Waals surface area contributed by atoms with Gasteiger partial charge < -0.3 is 15.2 Å². The molecule has 0 bridgehead atoms. The number of thiophene rings is 1. The van der Waals surface area contributed by atoms with Crippen LogP contribution < -0.4 is 5.32 Å². The van der Waals surface area contributed by atoms with E-state index in [1.165, 1.54) is 11.3 Å². The Bertz CT molecular complexity index is 769. The number of benzene rings is 1. The van der Waals surface area contributed by atoms with Crippen molar-refractivity contribution in [1.82, 2.24) is 0 Å². The van der Waals surface area contributed by atoms with E-state index in [1.54, 1.807) is 36.6 Å². The van der Waals surface area contributed by atoms with E-state index in [0.29, 0.717) is 36.1 Å². The fourth-order valence-corrected chi connectivity index (χ4v) is 3.43. The van der Waals surface area contributed by atoms with Crippen molar-refractivity contribution >= 4 is 34.9 Å². The Morgan fingerprint density at radius 2 is 1.88 bits per heavy atom. The molecule has 2 rings (SSSR count). The van der Waals surface area contributed by atoms with Crippen LogP contribution >= 0.6 is 11.3 Å². The van der Waals surface area contributed by atoms with E-state index in [0.717, 1.165) is 4.88 Å². The molecule has 0 spiro atoms. The standard InChI is InChI=1S/C19H21NO5S/c1-2-25-19(24)14-12-26-15(10-6-7-11-16(21)22)17(14)20-18(23)13-8-4-3-5-9-13/h3-5,8-9,12H,2,6-7,10-11H2,1H3,(H,20,23)(H,21,22). The van der Waals surface area contributed by atoms with Gasteiger partial charge in [0.15, 0.2) is 0 Å². The number of ether oxygens (including phenoxy) is 1. The Labute approximate surface area is 155 Å². The van der Waals surface area contributed by atoms with Crippen LogP contribution in [0.5, 0.6) is 0 Å². The van der Waals surface area contributed by atoms with E-state index in [4.69, 9.17) is 9.84 Å². The molecule has 1 aromatic heterocycles. The lowest BCUT2D eigenvalue weighted by molar-refractivity contribution is -0.137. The number of unbranched alkanes of at least 4 members (excludes halogenated alkanes) is 1. The summed E-state index contributed by atoms with van der Waals surface area (Å²) in [5.41, 5.74) is 1.28. The molecule has 0 unspecified atom stereocenters. The van der Waals surface area contributed by atoms with E-state index < -0.39 is 11.9 Å². The van der Waals surface area contributed by atoms with E-state index in [9.17, 15) is 14.4 Å². The van der Waals surface area contributed by atoms with Crippen molar-refractivity contribution in [3.05, 3.63) is 51.7 Å². The van der Waals surface area contributed by atoms with E-state index in [1.807, 2.05) is 6.07 Å². The van der Waals surface area contributed by atoms with Crippen LogP contribution in [0.2, 0.25) is 0 Å². The van der Waals surface area contributed by atoms with Gasteiger partial charge in [0, 0.05) is 22.2 Å². The number of esters is 1. The lowest BCUT2D eigenvalue weighted by Gasteiger charge is -2.10. The summed E-state index contributed by atoms with van der Waals surface area (Å²) in [7, 11) is 0. The Hall–Kier alpha value is -2.67. The third-order valence-electron chi connectivity index (χ3n) is 3.68. The smallest absolute Gasteiger partial charge is 0.341 e. The van der Waals surface area contributed by atoms with Gasteiger partial charge in [0.2, 0.25) is 0 Å². The Balaban J connectivity index is 2.18. The number of carbonyl (C=O) groups is 3. The highest BCUT2D eigenvalue weighted by atomic mass is 32.1. The highest BCUT2D eigenvalue weighted by molar-refractivity contribution is 7.11. The fourth-order valence-electron chi connectivity index (χ4n) is 2.42. The second kappa shape index (κ2) is 9.72. The quantitative estimate of drug-likeness (QED) is 0.511. The molecule has 6 nitrogen and oxygen atoms in total. The van der Waals surface area contributed by atoms with Gasteiger partial charge in [-0.05, 0) is 38.3 Å². The van der Waals surface area contributed by atoms with Crippen LogP contribution in [-0.4, -0.2) is 29.6 Å². The van der Waals surface area contributed by atoms with Crippen molar-refractivity contribution in [2.24, 2.45) is 0 Å². The number of aryl methyl sites for hydroxylation is 1. The van der Waals surface area contributed by atoms with Crippen molar-refractivity contribution in [2.45, 2.75) is 32.6 Å². The number of nitrogens with one attached hydrogen (secondary N) is 1. The van der Waals surface area contributed by atoms with Crippen LogP contribution in [0.15, 0.2) is 35.7 Å². The van der Waals surface area contributed by atoms with Crippen molar-refractivity contribution < 1.29 is 24.2 Å². The average molecular weight is 375 g/mol. The van der Waals surface area contributed by atoms with Crippen molar-refractivity contribution in [3.63, 3.8) is 0 Å². The number of carboxylic acids is 1. The molecule has 0 saturated carbocycles. The minimum Gasteiger partial charge on any atom is -0.481 e. The number of aliphatic carboxylic acids is 1. The summed E-state index contributed by atoms with van der Waals surface area (Å²) < 4.78 is 5.07. The lowest BCUT2D eigenvalue weighted by atomic mass is 10.1. The van der Waals surface area contributed by atoms with E-state index in [2.05, 4.69) is 5.32 Å². The summed E-state index contributed by atoms with van der Waals surface area (Å²) in [5, 5.41) is 13.2. The fraction of sp³-hybridized carbons (Fsp3) is 0.316. The maximum atomic E-state index is 12.5. The molecule has 1 amide bonds. The Morgan fingerprint density at radius 1 is 1.15 bits per heavy atom. The first-order valence-electron chi connectivity index (χ1n) is 8.38. The van der Waals surface area contributed by atoms with Gasteiger partial charge in [-0.25, -0.2) is 4.79 Å². The first-order valence-corrected chi connectivity index (χ1v) is 9.26. The molecule has 0 aliphatic carbocycles. The maximum absolute atomic E-state index is 12.5. The SMILES string of the molecule is CCOC(=O)c1csc(CCCCC(=O)O)c1NC(=O)c1ccccc1. The third-order valence-corrected chi connectivity index (χ3v) is 4.73. The molecule has 0 radical (unpaired) electrons. The van der Waals surface area contributed by atoms with Crippen LogP contribution in [0.1, 0.15) is 51.8 Å². The van der Waals surface area contributed by atoms with Crippen molar-refractivity contribution in [3.8, 4) is 0 Å². The highest BCUT2D eigenvalue weighted by Gasteiger charge is 2.21. The lowest BCUT2D eigenvalue weighted by Crippen LogP contribution is -2.15. The summed E-state index contributed by atoms with van der Waals surface area (Å²) >= 11 is 1.36. The third kappa shape index (κ3) is 5.42. The summed E-state index contributed by atoms with van der Waals surface area (Å²) in [5.74, 6) is -1.62. The molecule has 138 valence electrons. The van der Waals surface area contributed by atoms with Crippen molar-refractivity contribution in [1.29, 1.82) is 0 Å². The number of amides is 1. The summed E-state index contributed by atoms with van der Waals surface area (Å²) in [6.45, 7) is 1.97. The van der Waals surface area contributed by atoms with Gasteiger partial charge >= 0.3 is 11.9 Å². The summed E-state index contributed by atoms with van der Waals surface area (Å²) in [6, 6.07) is 8.74. The number of hydrogen-bond donors (Lipinski definition) is 2. The van der Waals surface area contributed by atoms with Crippen molar-refractivity contribution in [2.75, 3.05) is 11.9 Å². The van der Waals surface area contributed by atoms with Gasteiger partial charge in [-0.3, -0.25) is 9.59 Å². The van der Waals surface area contributed by atoms with E-state index >= 15 is 0 Å². The molecule has 1 aromatic carbocycles. The minimum absolute atomic E-state index is 0.0990. The zero-order valence-electron chi connectivity index (χ0n) is 14.5. The first kappa shape index (κ1) is 19.7. The summed E-state index contributed by atoms with van der Waals surface area (Å²) in [4.78, 5) is 36.1. The Morgan fingerprint density at radius 3 is 2.54 bits per heavy atom. The zero-order valence-corrected chi connectivity index (χ0v) is 15.3. The van der Waals surface area contributed by atoms with Gasteiger partial charge in [-0.15, -0.1) is 11.3 Å². The second-order valence-electron chi connectivity index (χ2n) is 5.59. The Kier molecular flexibility index (Phi) is 7.35. The van der Waals surface area contributed by atoms with Gasteiger partial charge in [0.25, 0.3) is 5.91 Å². The number of carbonyl (C=O) groups excluding carboxylic acids is 2. The number of carboxylic acid groups (broad SMARTS) is 1. The number of hydrogen-bond acceptors (Lipinski definition) is 5. The zero-order chi connectivity index (χ0) is 18.9. The normalized spacial score (nSPS) is 10.3. The average Bonchev–Trinajstić information content (AvgIpc) is 3.02. The van der Waals surface area contributed by atoms with Crippen LogP contribution in [0.25, 0.3) is 0 Å². The van der Waals surface area contributed by atoms with Crippen LogP contribution in [0, 0.1) is 0 Å². The van der Waals surface area contributed by atoms with Gasteiger partial charge in [0.1, 0.15) is 0 Å². The summed E-state index contributed by atoms with van der Waals surface area (Å²) in [6.07, 6.45) is 1.88. The molecule has 0 fully saturated rings. The largest absolute Gasteiger partial charge is 0.481 e. The minimum atomic E-state index is -0.832. The monoisotopic (exact) mass is 375 g/mol. The maximum Gasteiger partial charge on any atom is 0.341 e. The molecular weight excluding hydrogens is 354 g/mol. The predicted octanol–water partition coefficient (Wildman–Crippen LogP) is 3.97. The number of rotatable bonds is 9. The molecule has 0 aliphatic heterocycles. The van der Waals surface area contributed by atoms with Gasteiger partial charge in [-0.2, -0.15) is 0 Å². The molecule has 0 atom stereocenters. The number of anilines is 1. The van der Waals surface area contributed by atoms with Crippen LogP contribution in [0.4, 0.5) is 5.69 Å². The first-order chi connectivity index (χ1) is 12.5. The molecular formula is C19H21NO5S. The molecule has 7 heteroatoms. The molecule has 0 aliphatic rings. The van der Waals surface area contributed by atoms with Crippen LogP contribution in [-0.2, 0) is 16.0 Å². The highest BCUT2D eigenvalue weighted by Crippen LogP contribution is 2.31. The predicted molar refractivity (Wildman–Crippen MR) is 99.9 cm³/mol. The second-order valence-corrected chi connectivity index (χ2v) is 6.55. The molecule has 2 aromatic rings. The van der Waals surface area contributed by atoms with Crippen LogP contribution in [0.3, 0.4) is 0 Å². The van der Waals surface area contributed by atoms with Gasteiger partial charge in [0.05, 0.1) is 17.9 Å². The van der Waals surface area contributed by atoms with E-state index in [-0.39, 0.29) is 18.9 Å². The van der Waals surface area contributed by atoms with Gasteiger partial charge in [-0.1, -0.05) is 18.2 Å². The molecule has 0 saturated heterocycles. The molecule has 1 heterocycles. The topological polar surface area (TPSA) is 92.7 Å². The molecule has 26 heavy (non-hydrogen) atoms.